The summed E-state index contributed by atoms with van der Waals surface area (Å²) in [6.07, 6.45) is 2.71. The lowest BCUT2D eigenvalue weighted by Crippen LogP contribution is -2.35. The predicted molar refractivity (Wildman–Crippen MR) is 56.9 cm³/mol. The molecule has 0 spiro atoms. The van der Waals surface area contributed by atoms with Crippen molar-refractivity contribution in [1.82, 2.24) is 10.2 Å². The maximum absolute atomic E-state index is 4.16. The van der Waals surface area contributed by atoms with Gasteiger partial charge in [0, 0.05) is 12.3 Å². The van der Waals surface area contributed by atoms with Crippen LogP contribution in [0.4, 0.5) is 0 Å². The average Bonchev–Trinajstić information content (AvgIpc) is 2.09. The van der Waals surface area contributed by atoms with Gasteiger partial charge in [-0.3, -0.25) is 0 Å². The first-order valence-electron chi connectivity index (χ1n) is 4.83. The number of nitrogens with zero attached hydrogens (tertiary/aromatic N) is 1. The van der Waals surface area contributed by atoms with E-state index in [1.165, 1.54) is 32.5 Å². The number of rotatable bonds is 4. The molecule has 0 aromatic rings. The van der Waals surface area contributed by atoms with E-state index in [9.17, 15) is 0 Å². The Hall–Kier alpha value is 0.270. The van der Waals surface area contributed by atoms with Crippen LogP contribution in [0.5, 0.6) is 0 Å². The fraction of sp³-hybridized carbons (Fsp3) is 1.00. The van der Waals surface area contributed by atoms with Gasteiger partial charge in [0.25, 0.3) is 0 Å². The van der Waals surface area contributed by atoms with Crippen molar-refractivity contribution in [3.63, 3.8) is 0 Å². The first-order valence-corrected chi connectivity index (χ1v) is 5.46. The molecule has 72 valence electrons. The van der Waals surface area contributed by atoms with Gasteiger partial charge in [-0.05, 0) is 45.4 Å². The smallest absolute Gasteiger partial charge is 0.00398 e. The lowest BCUT2D eigenvalue weighted by molar-refractivity contribution is 0.217. The quantitative estimate of drug-likeness (QED) is 0.502. The third-order valence-electron chi connectivity index (χ3n) is 2.56. The Morgan fingerprint density at radius 1 is 1.42 bits per heavy atom. The summed E-state index contributed by atoms with van der Waals surface area (Å²) in [6.45, 7) is 4.78. The topological polar surface area (TPSA) is 15.3 Å². The van der Waals surface area contributed by atoms with Gasteiger partial charge in [-0.2, -0.15) is 12.6 Å². The van der Waals surface area contributed by atoms with E-state index in [1.807, 2.05) is 0 Å². The van der Waals surface area contributed by atoms with Crippen LogP contribution >= 0.6 is 12.6 Å². The van der Waals surface area contributed by atoms with Crippen molar-refractivity contribution in [3.05, 3.63) is 0 Å². The summed E-state index contributed by atoms with van der Waals surface area (Å²) in [6, 6.07) is 0. The second kappa shape index (κ2) is 5.84. The van der Waals surface area contributed by atoms with Crippen molar-refractivity contribution in [2.75, 3.05) is 39.0 Å². The lowest BCUT2D eigenvalue weighted by Gasteiger charge is -2.28. The monoisotopic (exact) mass is 188 g/mol. The highest BCUT2D eigenvalue weighted by Crippen LogP contribution is 2.14. The number of hydrogen-bond acceptors (Lipinski definition) is 3. The molecule has 1 saturated heterocycles. The lowest BCUT2D eigenvalue weighted by atomic mass is 9.97. The van der Waals surface area contributed by atoms with E-state index in [0.717, 1.165) is 18.2 Å². The van der Waals surface area contributed by atoms with E-state index >= 15 is 0 Å². The number of nitrogens with one attached hydrogen (secondary N) is 1. The summed E-state index contributed by atoms with van der Waals surface area (Å²) in [5.74, 6) is 1.85. The van der Waals surface area contributed by atoms with E-state index in [-0.39, 0.29) is 0 Å². The van der Waals surface area contributed by atoms with E-state index in [0.29, 0.717) is 0 Å². The molecular formula is C9H20N2S. The minimum absolute atomic E-state index is 0.904. The number of thiol groups is 1. The zero-order valence-electron chi connectivity index (χ0n) is 7.92. The molecule has 12 heavy (non-hydrogen) atoms. The third kappa shape index (κ3) is 3.78. The molecule has 1 N–H and O–H groups in total. The Bertz CT molecular complexity index is 111. The van der Waals surface area contributed by atoms with Gasteiger partial charge in [0.05, 0.1) is 0 Å². The van der Waals surface area contributed by atoms with Gasteiger partial charge in [0.1, 0.15) is 0 Å². The molecule has 1 rings (SSSR count). The molecule has 0 atom stereocenters. The summed E-state index contributed by atoms with van der Waals surface area (Å²) in [5.41, 5.74) is 0. The van der Waals surface area contributed by atoms with Crippen LogP contribution in [0.25, 0.3) is 0 Å². The molecule has 0 radical (unpaired) electrons. The first kappa shape index (κ1) is 10.4. The van der Waals surface area contributed by atoms with Crippen LogP contribution in [0.2, 0.25) is 0 Å². The van der Waals surface area contributed by atoms with E-state index in [4.69, 9.17) is 0 Å². The fourth-order valence-electron chi connectivity index (χ4n) is 1.65. The Morgan fingerprint density at radius 3 is 2.67 bits per heavy atom. The molecule has 2 nitrogen and oxygen atoms in total. The van der Waals surface area contributed by atoms with Gasteiger partial charge >= 0.3 is 0 Å². The van der Waals surface area contributed by atoms with Gasteiger partial charge in [-0.25, -0.2) is 0 Å². The number of piperidine rings is 1. The molecular weight excluding hydrogens is 168 g/mol. The summed E-state index contributed by atoms with van der Waals surface area (Å²) in [7, 11) is 2.21. The standard InChI is InChI=1S/C9H20N2S/c1-11-5-2-9(3-6-11)8-10-4-7-12/h9-10,12H,2-8H2,1H3. The molecule has 0 amide bonds. The van der Waals surface area contributed by atoms with Gasteiger partial charge in [0.2, 0.25) is 0 Å². The molecule has 0 aliphatic carbocycles. The van der Waals surface area contributed by atoms with E-state index in [2.05, 4.69) is 29.9 Å². The van der Waals surface area contributed by atoms with Crippen LogP contribution in [0, 0.1) is 5.92 Å². The number of hydrogen-bond donors (Lipinski definition) is 2. The number of likely N-dealkylation sites (tertiary alicyclic amines) is 1. The summed E-state index contributed by atoms with van der Waals surface area (Å²) in [4.78, 5) is 2.41. The average molecular weight is 188 g/mol. The largest absolute Gasteiger partial charge is 0.316 e. The van der Waals surface area contributed by atoms with Crippen molar-refractivity contribution in [1.29, 1.82) is 0 Å². The second-order valence-corrected chi connectivity index (χ2v) is 4.12. The Kier molecular flexibility index (Phi) is 5.04. The molecule has 0 saturated carbocycles. The van der Waals surface area contributed by atoms with Crippen LogP contribution in [0.3, 0.4) is 0 Å². The summed E-state index contributed by atoms with van der Waals surface area (Å²) < 4.78 is 0. The summed E-state index contributed by atoms with van der Waals surface area (Å²) in [5, 5.41) is 3.42. The fourth-order valence-corrected chi connectivity index (χ4v) is 1.81. The molecule has 1 heterocycles. The third-order valence-corrected chi connectivity index (χ3v) is 2.78. The molecule has 1 fully saturated rings. The normalized spacial score (nSPS) is 21.5. The van der Waals surface area contributed by atoms with Crippen LogP contribution in [-0.4, -0.2) is 43.9 Å². The van der Waals surface area contributed by atoms with Gasteiger partial charge in [-0.1, -0.05) is 0 Å². The second-order valence-electron chi connectivity index (χ2n) is 3.67. The minimum atomic E-state index is 0.904. The van der Waals surface area contributed by atoms with Crippen molar-refractivity contribution < 1.29 is 0 Å². The Morgan fingerprint density at radius 2 is 2.08 bits per heavy atom. The van der Waals surface area contributed by atoms with E-state index in [1.54, 1.807) is 0 Å². The van der Waals surface area contributed by atoms with Crippen LogP contribution in [0.15, 0.2) is 0 Å². The van der Waals surface area contributed by atoms with Crippen LogP contribution in [-0.2, 0) is 0 Å². The molecule has 0 unspecified atom stereocenters. The van der Waals surface area contributed by atoms with Gasteiger partial charge in [0.15, 0.2) is 0 Å². The minimum Gasteiger partial charge on any atom is -0.316 e. The predicted octanol–water partition coefficient (Wildman–Crippen LogP) is 0.848. The van der Waals surface area contributed by atoms with Crippen molar-refractivity contribution in [2.24, 2.45) is 5.92 Å². The molecule has 0 aromatic heterocycles. The molecule has 1 aliphatic rings. The maximum atomic E-state index is 4.16. The van der Waals surface area contributed by atoms with Crippen molar-refractivity contribution >= 4 is 12.6 Å². The Balaban J connectivity index is 2.01. The Labute approximate surface area is 81.1 Å². The first-order chi connectivity index (χ1) is 5.83. The highest BCUT2D eigenvalue weighted by molar-refractivity contribution is 7.80. The van der Waals surface area contributed by atoms with Crippen LogP contribution in [0.1, 0.15) is 12.8 Å². The molecule has 3 heteroatoms. The zero-order valence-corrected chi connectivity index (χ0v) is 8.82. The van der Waals surface area contributed by atoms with Crippen LogP contribution < -0.4 is 5.32 Å². The van der Waals surface area contributed by atoms with Crippen molar-refractivity contribution in [2.45, 2.75) is 12.8 Å². The molecule has 0 aromatic carbocycles. The summed E-state index contributed by atoms with van der Waals surface area (Å²) >= 11 is 4.16. The highest BCUT2D eigenvalue weighted by atomic mass is 32.1. The SMILES string of the molecule is CN1CCC(CNCCS)CC1. The molecule has 0 bridgehead atoms. The van der Waals surface area contributed by atoms with E-state index < -0.39 is 0 Å². The molecule has 1 aliphatic heterocycles. The van der Waals surface area contributed by atoms with Crippen molar-refractivity contribution in [3.8, 4) is 0 Å². The van der Waals surface area contributed by atoms with Gasteiger partial charge in [-0.15, -0.1) is 0 Å². The maximum Gasteiger partial charge on any atom is 0.00398 e. The van der Waals surface area contributed by atoms with Gasteiger partial charge < -0.3 is 10.2 Å². The highest BCUT2D eigenvalue weighted by Gasteiger charge is 2.15. The zero-order chi connectivity index (χ0) is 8.81.